The first-order valence-corrected chi connectivity index (χ1v) is 8.73. The van der Waals surface area contributed by atoms with E-state index in [1.165, 1.54) is 64.7 Å². The molecular formula is C18H34N2. The van der Waals surface area contributed by atoms with E-state index in [0.717, 1.165) is 0 Å². The van der Waals surface area contributed by atoms with Gasteiger partial charge in [0.15, 0.2) is 0 Å². The molecular weight excluding hydrogens is 244 g/mol. The van der Waals surface area contributed by atoms with Gasteiger partial charge in [-0.05, 0) is 85.1 Å². The number of allylic oxidation sites excluding steroid dienone is 1. The molecule has 0 saturated carbocycles. The number of nitrogens with zero attached hydrogens (tertiary/aromatic N) is 2. The summed E-state index contributed by atoms with van der Waals surface area (Å²) >= 11 is 0. The maximum Gasteiger partial charge on any atom is 0.0379 e. The Balaban J connectivity index is 2.08. The largest absolute Gasteiger partial charge is 0.297 e. The molecule has 0 aromatic carbocycles. The Hall–Kier alpha value is -0.340. The summed E-state index contributed by atoms with van der Waals surface area (Å²) in [6.45, 7) is 14.7. The molecule has 1 atom stereocenters. The summed E-state index contributed by atoms with van der Waals surface area (Å²) in [5, 5.41) is 0. The molecule has 2 rings (SSSR count). The molecule has 0 radical (unpaired) electrons. The number of piperidine rings is 2. The van der Waals surface area contributed by atoms with Crippen LogP contribution < -0.4 is 0 Å². The standard InChI is InChI=1S/C18H34N2/c1-5-17(16(2)19-12-8-6-9-13-19)18(3,4)20-14-10-7-11-15-20/h5,16H,6-15H2,1-4H3/b17-5-. The average Bonchev–Trinajstić information content (AvgIpc) is 2.49. The Bertz CT molecular complexity index is 320. The predicted molar refractivity (Wildman–Crippen MR) is 88.1 cm³/mol. The van der Waals surface area contributed by atoms with Crippen LogP contribution in [0.2, 0.25) is 0 Å². The molecule has 0 spiro atoms. The van der Waals surface area contributed by atoms with Crippen LogP contribution in [-0.2, 0) is 0 Å². The van der Waals surface area contributed by atoms with Gasteiger partial charge in [-0.3, -0.25) is 9.80 Å². The Kier molecular flexibility index (Phi) is 5.68. The third-order valence-electron chi connectivity index (χ3n) is 5.55. The van der Waals surface area contributed by atoms with Gasteiger partial charge in [0.2, 0.25) is 0 Å². The lowest BCUT2D eigenvalue weighted by molar-refractivity contribution is 0.0989. The first kappa shape index (κ1) is 16.0. The van der Waals surface area contributed by atoms with Crippen molar-refractivity contribution < 1.29 is 0 Å². The van der Waals surface area contributed by atoms with E-state index in [0.29, 0.717) is 6.04 Å². The van der Waals surface area contributed by atoms with Gasteiger partial charge in [-0.2, -0.15) is 0 Å². The molecule has 2 saturated heterocycles. The molecule has 1 unspecified atom stereocenters. The van der Waals surface area contributed by atoms with E-state index in [1.54, 1.807) is 5.57 Å². The van der Waals surface area contributed by atoms with Crippen molar-refractivity contribution in [3.63, 3.8) is 0 Å². The molecule has 116 valence electrons. The number of likely N-dealkylation sites (tertiary alicyclic amines) is 2. The van der Waals surface area contributed by atoms with Crippen LogP contribution in [0.3, 0.4) is 0 Å². The first-order valence-electron chi connectivity index (χ1n) is 8.73. The fourth-order valence-corrected chi connectivity index (χ4v) is 4.24. The quantitative estimate of drug-likeness (QED) is 0.715. The minimum Gasteiger partial charge on any atom is -0.297 e. The van der Waals surface area contributed by atoms with E-state index in [9.17, 15) is 0 Å². The Morgan fingerprint density at radius 2 is 1.40 bits per heavy atom. The minimum absolute atomic E-state index is 0.214. The molecule has 0 N–H and O–H groups in total. The second-order valence-corrected chi connectivity index (χ2v) is 7.12. The van der Waals surface area contributed by atoms with Crippen molar-refractivity contribution in [1.29, 1.82) is 0 Å². The zero-order valence-electron chi connectivity index (χ0n) is 14.1. The van der Waals surface area contributed by atoms with Crippen molar-refractivity contribution in [2.24, 2.45) is 0 Å². The van der Waals surface area contributed by atoms with Crippen LogP contribution >= 0.6 is 0 Å². The third-order valence-corrected chi connectivity index (χ3v) is 5.55. The summed E-state index contributed by atoms with van der Waals surface area (Å²) in [5.41, 5.74) is 1.84. The second kappa shape index (κ2) is 7.09. The lowest BCUT2D eigenvalue weighted by atomic mass is 9.84. The molecule has 0 aromatic heterocycles. The van der Waals surface area contributed by atoms with Gasteiger partial charge >= 0.3 is 0 Å². The molecule has 2 heterocycles. The SMILES string of the molecule is C/C=C(/C(C)N1CCCCC1)C(C)(C)N1CCCCC1. The van der Waals surface area contributed by atoms with Gasteiger partial charge in [0.05, 0.1) is 0 Å². The summed E-state index contributed by atoms with van der Waals surface area (Å²) in [6.07, 6.45) is 10.7. The van der Waals surface area contributed by atoms with Crippen molar-refractivity contribution >= 4 is 0 Å². The van der Waals surface area contributed by atoms with Gasteiger partial charge in [0.1, 0.15) is 0 Å². The van der Waals surface area contributed by atoms with Gasteiger partial charge in [0, 0.05) is 11.6 Å². The number of rotatable bonds is 4. The molecule has 2 fully saturated rings. The highest BCUT2D eigenvalue weighted by atomic mass is 15.2. The zero-order chi connectivity index (χ0) is 14.6. The molecule has 0 aliphatic carbocycles. The van der Waals surface area contributed by atoms with Crippen molar-refractivity contribution in [2.75, 3.05) is 26.2 Å². The van der Waals surface area contributed by atoms with Crippen LogP contribution in [0.4, 0.5) is 0 Å². The van der Waals surface area contributed by atoms with E-state index in [-0.39, 0.29) is 5.54 Å². The number of hydrogen-bond donors (Lipinski definition) is 0. The van der Waals surface area contributed by atoms with Crippen molar-refractivity contribution in [2.45, 2.75) is 77.8 Å². The van der Waals surface area contributed by atoms with E-state index in [4.69, 9.17) is 0 Å². The molecule has 2 aliphatic heterocycles. The van der Waals surface area contributed by atoms with Gasteiger partial charge in [0.25, 0.3) is 0 Å². The lowest BCUT2D eigenvalue weighted by Gasteiger charge is -2.47. The Morgan fingerprint density at radius 1 is 0.900 bits per heavy atom. The lowest BCUT2D eigenvalue weighted by Crippen LogP contribution is -2.53. The van der Waals surface area contributed by atoms with Gasteiger partial charge in [-0.25, -0.2) is 0 Å². The molecule has 2 aliphatic rings. The predicted octanol–water partition coefficient (Wildman–Crippen LogP) is 4.07. The molecule has 2 heteroatoms. The fourth-order valence-electron chi connectivity index (χ4n) is 4.24. The molecule has 20 heavy (non-hydrogen) atoms. The first-order chi connectivity index (χ1) is 9.57. The Morgan fingerprint density at radius 3 is 1.90 bits per heavy atom. The van der Waals surface area contributed by atoms with Crippen LogP contribution in [-0.4, -0.2) is 47.6 Å². The average molecular weight is 278 g/mol. The van der Waals surface area contributed by atoms with E-state index >= 15 is 0 Å². The van der Waals surface area contributed by atoms with Crippen LogP contribution in [0.25, 0.3) is 0 Å². The van der Waals surface area contributed by atoms with E-state index < -0.39 is 0 Å². The van der Waals surface area contributed by atoms with E-state index in [2.05, 4.69) is 43.6 Å². The summed E-state index contributed by atoms with van der Waals surface area (Å²) in [5.74, 6) is 0. The molecule has 0 amide bonds. The summed E-state index contributed by atoms with van der Waals surface area (Å²) < 4.78 is 0. The van der Waals surface area contributed by atoms with Crippen LogP contribution in [0.1, 0.15) is 66.2 Å². The maximum absolute atomic E-state index is 2.71. The minimum atomic E-state index is 0.214. The van der Waals surface area contributed by atoms with Gasteiger partial charge < -0.3 is 0 Å². The topological polar surface area (TPSA) is 6.48 Å². The second-order valence-electron chi connectivity index (χ2n) is 7.12. The highest BCUT2D eigenvalue weighted by Gasteiger charge is 2.35. The van der Waals surface area contributed by atoms with Gasteiger partial charge in [-0.15, -0.1) is 0 Å². The van der Waals surface area contributed by atoms with Crippen LogP contribution in [0.5, 0.6) is 0 Å². The van der Waals surface area contributed by atoms with Crippen molar-refractivity contribution in [1.82, 2.24) is 9.80 Å². The number of hydrogen-bond acceptors (Lipinski definition) is 2. The summed E-state index contributed by atoms with van der Waals surface area (Å²) in [4.78, 5) is 5.41. The van der Waals surface area contributed by atoms with Gasteiger partial charge in [-0.1, -0.05) is 18.9 Å². The normalized spacial score (nSPS) is 25.7. The summed E-state index contributed by atoms with van der Waals surface area (Å²) in [7, 11) is 0. The van der Waals surface area contributed by atoms with E-state index in [1.807, 2.05) is 0 Å². The maximum atomic E-state index is 2.71. The molecule has 0 aromatic rings. The monoisotopic (exact) mass is 278 g/mol. The summed E-state index contributed by atoms with van der Waals surface area (Å²) in [6, 6.07) is 0.595. The van der Waals surface area contributed by atoms with Crippen LogP contribution in [0.15, 0.2) is 11.6 Å². The molecule has 0 bridgehead atoms. The van der Waals surface area contributed by atoms with Crippen molar-refractivity contribution in [3.05, 3.63) is 11.6 Å². The fraction of sp³-hybridized carbons (Fsp3) is 0.889. The highest BCUT2D eigenvalue weighted by Crippen LogP contribution is 2.32. The molecule has 2 nitrogen and oxygen atoms in total. The third kappa shape index (κ3) is 3.46. The zero-order valence-corrected chi connectivity index (χ0v) is 14.1. The van der Waals surface area contributed by atoms with Crippen LogP contribution in [0, 0.1) is 0 Å². The Labute approximate surface area is 126 Å². The van der Waals surface area contributed by atoms with Crippen molar-refractivity contribution in [3.8, 4) is 0 Å². The highest BCUT2D eigenvalue weighted by molar-refractivity contribution is 5.23. The smallest absolute Gasteiger partial charge is 0.0379 e.